The Hall–Kier alpha value is -2.04. The van der Waals surface area contributed by atoms with Crippen LogP contribution in [0.4, 0.5) is 10.3 Å². The van der Waals surface area contributed by atoms with Gasteiger partial charge < -0.3 is 14.5 Å². The number of morpholine rings is 1. The lowest BCUT2D eigenvalue weighted by Gasteiger charge is -2.26. The third-order valence-electron chi connectivity index (χ3n) is 4.09. The maximum atomic E-state index is 12.1. The van der Waals surface area contributed by atoms with Gasteiger partial charge in [-0.15, -0.1) is 11.3 Å². The lowest BCUT2D eigenvalue weighted by Crippen LogP contribution is -2.36. The van der Waals surface area contributed by atoms with E-state index in [1.807, 2.05) is 5.38 Å². The Bertz CT molecular complexity index is 765. The van der Waals surface area contributed by atoms with Crippen molar-refractivity contribution in [3.05, 3.63) is 22.1 Å². The van der Waals surface area contributed by atoms with E-state index in [2.05, 4.69) is 44.1 Å². The van der Waals surface area contributed by atoms with Gasteiger partial charge in [0.05, 0.1) is 36.4 Å². The first kappa shape index (κ1) is 19.7. The van der Waals surface area contributed by atoms with Gasteiger partial charge in [-0.3, -0.25) is 4.79 Å². The zero-order chi connectivity index (χ0) is 19.1. The van der Waals surface area contributed by atoms with Crippen molar-refractivity contribution in [1.82, 2.24) is 15.4 Å². The summed E-state index contributed by atoms with van der Waals surface area (Å²) in [6.45, 7) is 9.15. The number of nitrogens with zero attached hydrogens (tertiary/aromatic N) is 5. The summed E-state index contributed by atoms with van der Waals surface area (Å²) in [6.07, 6.45) is 3.61. The topological polar surface area (TPSA) is 83.0 Å². The molecule has 2 aromatic rings. The van der Waals surface area contributed by atoms with Crippen LogP contribution in [0.5, 0.6) is 0 Å². The lowest BCUT2D eigenvalue weighted by atomic mass is 10.3. The van der Waals surface area contributed by atoms with Crippen LogP contribution in [0.25, 0.3) is 0 Å². The first-order valence-corrected chi connectivity index (χ1v) is 10.7. The summed E-state index contributed by atoms with van der Waals surface area (Å²) in [5.74, 6) is -0.182. The van der Waals surface area contributed by atoms with Gasteiger partial charge in [0.15, 0.2) is 10.3 Å². The van der Waals surface area contributed by atoms with Crippen LogP contribution in [-0.2, 0) is 16.0 Å². The number of amides is 1. The second kappa shape index (κ2) is 9.77. The number of nitrogens with one attached hydrogen (secondary N) is 1. The summed E-state index contributed by atoms with van der Waals surface area (Å²) in [5, 5.41) is 7.87. The molecule has 1 N–H and O–H groups in total. The first-order valence-electron chi connectivity index (χ1n) is 8.99. The molecule has 2 aromatic heterocycles. The molecule has 1 saturated heterocycles. The molecule has 3 heterocycles. The van der Waals surface area contributed by atoms with Gasteiger partial charge in [0, 0.05) is 37.8 Å². The van der Waals surface area contributed by atoms with Crippen LogP contribution in [0, 0.1) is 0 Å². The van der Waals surface area contributed by atoms with Crippen molar-refractivity contribution in [2.45, 2.75) is 20.3 Å². The summed E-state index contributed by atoms with van der Waals surface area (Å²) in [4.78, 5) is 26.3. The molecular formula is C17H24N6O2S2. The van der Waals surface area contributed by atoms with Gasteiger partial charge in [0.25, 0.3) is 0 Å². The molecule has 0 saturated carbocycles. The largest absolute Gasteiger partial charge is 0.378 e. The SMILES string of the molecule is CCN(CC)c1ncc(/C=N\NC(=O)Cc2csc(N3CCOCC3)n2)s1. The Morgan fingerprint density at radius 2 is 2.19 bits per heavy atom. The number of carbonyl (C=O) groups is 1. The third kappa shape index (κ3) is 5.47. The van der Waals surface area contributed by atoms with E-state index < -0.39 is 0 Å². The van der Waals surface area contributed by atoms with Gasteiger partial charge in [-0.1, -0.05) is 11.3 Å². The van der Waals surface area contributed by atoms with Crippen molar-refractivity contribution >= 4 is 45.1 Å². The highest BCUT2D eigenvalue weighted by atomic mass is 32.1. The Labute approximate surface area is 166 Å². The van der Waals surface area contributed by atoms with Crippen LogP contribution in [0.15, 0.2) is 16.7 Å². The minimum atomic E-state index is -0.182. The van der Waals surface area contributed by atoms with Gasteiger partial charge in [-0.2, -0.15) is 5.10 Å². The fraction of sp³-hybridized carbons (Fsp3) is 0.529. The van der Waals surface area contributed by atoms with E-state index in [1.165, 1.54) is 0 Å². The molecule has 0 bridgehead atoms. The molecule has 8 nitrogen and oxygen atoms in total. The molecule has 27 heavy (non-hydrogen) atoms. The smallest absolute Gasteiger partial charge is 0.246 e. The molecule has 10 heteroatoms. The summed E-state index contributed by atoms with van der Waals surface area (Å²) in [7, 11) is 0. The van der Waals surface area contributed by atoms with Crippen LogP contribution in [0.1, 0.15) is 24.4 Å². The summed E-state index contributed by atoms with van der Waals surface area (Å²) >= 11 is 3.11. The molecule has 0 spiro atoms. The highest BCUT2D eigenvalue weighted by Crippen LogP contribution is 2.22. The maximum Gasteiger partial charge on any atom is 0.246 e. The van der Waals surface area contributed by atoms with Crippen molar-refractivity contribution in [3.63, 3.8) is 0 Å². The van der Waals surface area contributed by atoms with E-state index in [-0.39, 0.29) is 12.3 Å². The molecule has 0 aliphatic carbocycles. The first-order chi connectivity index (χ1) is 13.2. The molecule has 1 fully saturated rings. The average molecular weight is 409 g/mol. The maximum absolute atomic E-state index is 12.1. The minimum absolute atomic E-state index is 0.182. The van der Waals surface area contributed by atoms with Crippen molar-refractivity contribution in [2.75, 3.05) is 49.2 Å². The van der Waals surface area contributed by atoms with E-state index in [1.54, 1.807) is 35.1 Å². The van der Waals surface area contributed by atoms with Crippen LogP contribution < -0.4 is 15.2 Å². The molecule has 3 rings (SSSR count). The molecule has 0 atom stereocenters. The molecule has 1 amide bonds. The molecule has 0 radical (unpaired) electrons. The van der Waals surface area contributed by atoms with Crippen LogP contribution >= 0.6 is 22.7 Å². The van der Waals surface area contributed by atoms with Gasteiger partial charge >= 0.3 is 0 Å². The zero-order valence-corrected chi connectivity index (χ0v) is 17.2. The molecule has 1 aliphatic rings. The van der Waals surface area contributed by atoms with Crippen LogP contribution in [-0.4, -0.2) is 61.5 Å². The van der Waals surface area contributed by atoms with Crippen LogP contribution in [0.2, 0.25) is 0 Å². The highest BCUT2D eigenvalue weighted by Gasteiger charge is 2.15. The molecule has 1 aliphatic heterocycles. The Morgan fingerprint density at radius 3 is 2.93 bits per heavy atom. The minimum Gasteiger partial charge on any atom is -0.378 e. The summed E-state index contributed by atoms with van der Waals surface area (Å²) < 4.78 is 5.35. The van der Waals surface area contributed by atoms with Crippen LogP contribution in [0.3, 0.4) is 0 Å². The van der Waals surface area contributed by atoms with E-state index in [0.29, 0.717) is 0 Å². The number of ether oxygens (including phenoxy) is 1. The van der Waals surface area contributed by atoms with Gasteiger partial charge in [-0.25, -0.2) is 15.4 Å². The van der Waals surface area contributed by atoms with Crippen molar-refractivity contribution in [2.24, 2.45) is 5.10 Å². The number of hydrogen-bond acceptors (Lipinski definition) is 9. The average Bonchev–Trinajstić information content (AvgIpc) is 3.34. The van der Waals surface area contributed by atoms with E-state index in [4.69, 9.17) is 4.74 Å². The lowest BCUT2D eigenvalue weighted by molar-refractivity contribution is -0.120. The van der Waals surface area contributed by atoms with Gasteiger partial charge in [0.1, 0.15) is 0 Å². The van der Waals surface area contributed by atoms with Crippen molar-refractivity contribution in [1.29, 1.82) is 0 Å². The molecular weight excluding hydrogens is 384 g/mol. The quantitative estimate of drug-likeness (QED) is 0.531. The summed E-state index contributed by atoms with van der Waals surface area (Å²) in [6, 6.07) is 0. The number of thiazole rings is 2. The molecule has 0 unspecified atom stereocenters. The third-order valence-corrected chi connectivity index (χ3v) is 6.03. The second-order valence-electron chi connectivity index (χ2n) is 5.91. The van der Waals surface area contributed by atoms with E-state index in [9.17, 15) is 4.79 Å². The second-order valence-corrected chi connectivity index (χ2v) is 7.79. The standard InChI is InChI=1S/C17H24N6O2S2/c1-3-22(4-2)16-18-10-14(27-16)11-19-21-15(24)9-13-12-26-17(20-13)23-5-7-25-8-6-23/h10-12H,3-9H2,1-2H3,(H,21,24)/b19-11-. The number of rotatable bonds is 8. The monoisotopic (exact) mass is 408 g/mol. The van der Waals surface area contributed by atoms with Crippen molar-refractivity contribution < 1.29 is 9.53 Å². The number of aromatic nitrogens is 2. The van der Waals surface area contributed by atoms with E-state index in [0.717, 1.165) is 60.2 Å². The number of hydrazone groups is 1. The van der Waals surface area contributed by atoms with Gasteiger partial charge in [0.2, 0.25) is 5.91 Å². The normalized spacial score (nSPS) is 14.7. The zero-order valence-electron chi connectivity index (χ0n) is 15.6. The fourth-order valence-electron chi connectivity index (χ4n) is 2.63. The Balaban J connectivity index is 1.48. The Morgan fingerprint density at radius 1 is 1.41 bits per heavy atom. The van der Waals surface area contributed by atoms with Crippen molar-refractivity contribution in [3.8, 4) is 0 Å². The number of hydrogen-bond donors (Lipinski definition) is 1. The molecule has 0 aromatic carbocycles. The van der Waals surface area contributed by atoms with E-state index >= 15 is 0 Å². The Kier molecular flexibility index (Phi) is 7.13. The molecule has 146 valence electrons. The summed E-state index contributed by atoms with van der Waals surface area (Å²) in [5.41, 5.74) is 3.32. The highest BCUT2D eigenvalue weighted by molar-refractivity contribution is 7.17. The predicted octanol–water partition coefficient (Wildman–Crippen LogP) is 1.98. The fourth-order valence-corrected chi connectivity index (χ4v) is 4.42. The number of anilines is 2. The van der Waals surface area contributed by atoms with Gasteiger partial charge in [-0.05, 0) is 13.8 Å². The number of carbonyl (C=O) groups excluding carboxylic acids is 1. The predicted molar refractivity (Wildman–Crippen MR) is 110 cm³/mol.